The Bertz CT molecular complexity index is 608. The zero-order chi connectivity index (χ0) is 15.6. The Morgan fingerprint density at radius 2 is 2.05 bits per heavy atom. The summed E-state index contributed by atoms with van der Waals surface area (Å²) >= 11 is 5.94. The summed E-state index contributed by atoms with van der Waals surface area (Å²) in [4.78, 5) is 23.8. The van der Waals surface area contributed by atoms with E-state index in [-0.39, 0.29) is 24.2 Å². The molecule has 0 unspecified atom stereocenters. The Morgan fingerprint density at radius 1 is 1.33 bits per heavy atom. The molecular formula is C16H18ClNO3. The van der Waals surface area contributed by atoms with Crippen LogP contribution in [0.4, 0.5) is 0 Å². The summed E-state index contributed by atoms with van der Waals surface area (Å²) in [6.45, 7) is 5.45. The third kappa shape index (κ3) is 3.64. The van der Waals surface area contributed by atoms with Crippen LogP contribution >= 0.6 is 11.6 Å². The summed E-state index contributed by atoms with van der Waals surface area (Å²) in [6, 6.07) is 4.77. The smallest absolute Gasteiger partial charge is 0.251 e. The van der Waals surface area contributed by atoms with Gasteiger partial charge in [-0.15, -0.1) is 0 Å². The molecule has 1 aromatic rings. The molecule has 21 heavy (non-hydrogen) atoms. The summed E-state index contributed by atoms with van der Waals surface area (Å²) in [6.07, 6.45) is 1.75. The van der Waals surface area contributed by atoms with Crippen molar-refractivity contribution >= 4 is 29.4 Å². The molecule has 0 fully saturated rings. The molecule has 0 spiro atoms. The van der Waals surface area contributed by atoms with Gasteiger partial charge in [-0.1, -0.05) is 25.4 Å². The molecule has 0 bridgehead atoms. The molecule has 2 rings (SSSR count). The van der Waals surface area contributed by atoms with Crippen LogP contribution in [0.5, 0.6) is 5.75 Å². The van der Waals surface area contributed by atoms with Gasteiger partial charge in [-0.25, -0.2) is 0 Å². The maximum Gasteiger partial charge on any atom is 0.251 e. The van der Waals surface area contributed by atoms with Gasteiger partial charge >= 0.3 is 0 Å². The van der Waals surface area contributed by atoms with Gasteiger partial charge in [0.15, 0.2) is 5.78 Å². The first-order valence-corrected chi connectivity index (χ1v) is 7.20. The number of rotatable bonds is 4. The lowest BCUT2D eigenvalue weighted by atomic mass is 9.99. The minimum atomic E-state index is -0.487. The monoisotopic (exact) mass is 307 g/mol. The van der Waals surface area contributed by atoms with E-state index >= 15 is 0 Å². The molecule has 1 N–H and O–H groups in total. The van der Waals surface area contributed by atoms with Gasteiger partial charge in [0.2, 0.25) is 0 Å². The van der Waals surface area contributed by atoms with Crippen molar-refractivity contribution in [3.63, 3.8) is 0 Å². The Balaban J connectivity index is 2.19. The number of hydrogen-bond donors (Lipinski definition) is 1. The number of benzene rings is 1. The molecule has 1 aliphatic heterocycles. The largest absolute Gasteiger partial charge is 0.488 e. The summed E-state index contributed by atoms with van der Waals surface area (Å²) in [5.41, 5.74) is 1.25. The first-order chi connectivity index (χ1) is 9.88. The van der Waals surface area contributed by atoms with E-state index in [1.54, 1.807) is 24.3 Å². The second kappa shape index (κ2) is 6.31. The molecule has 0 radical (unpaired) electrons. The average molecular weight is 308 g/mol. The van der Waals surface area contributed by atoms with Crippen LogP contribution in [-0.2, 0) is 9.59 Å². The van der Waals surface area contributed by atoms with Crippen molar-refractivity contribution in [2.24, 2.45) is 5.92 Å². The number of hydrogen-bond acceptors (Lipinski definition) is 3. The van der Waals surface area contributed by atoms with Crippen molar-refractivity contribution < 1.29 is 14.3 Å². The molecule has 1 amide bonds. The van der Waals surface area contributed by atoms with Gasteiger partial charge in [0, 0.05) is 10.6 Å². The van der Waals surface area contributed by atoms with Gasteiger partial charge in [0.1, 0.15) is 12.4 Å². The summed E-state index contributed by atoms with van der Waals surface area (Å²) < 4.78 is 5.54. The Hall–Kier alpha value is -1.81. The van der Waals surface area contributed by atoms with Crippen LogP contribution < -0.4 is 10.1 Å². The van der Waals surface area contributed by atoms with Gasteiger partial charge in [-0.05, 0) is 37.1 Å². The third-order valence-electron chi connectivity index (χ3n) is 3.37. The lowest BCUT2D eigenvalue weighted by Gasteiger charge is -2.22. The molecule has 112 valence electrons. The molecule has 0 aliphatic carbocycles. The number of nitrogens with one attached hydrogen (secondary N) is 1. The van der Waals surface area contributed by atoms with Crippen LogP contribution in [0.3, 0.4) is 0 Å². The van der Waals surface area contributed by atoms with E-state index in [1.807, 2.05) is 13.8 Å². The van der Waals surface area contributed by atoms with Crippen molar-refractivity contribution in [2.45, 2.75) is 26.8 Å². The number of amides is 1. The number of fused-ring (bicyclic) bond motifs is 1. The van der Waals surface area contributed by atoms with Crippen LogP contribution in [0, 0.1) is 5.92 Å². The maximum atomic E-state index is 12.3. The molecule has 4 nitrogen and oxygen atoms in total. The van der Waals surface area contributed by atoms with Crippen molar-refractivity contribution in [3.8, 4) is 5.75 Å². The van der Waals surface area contributed by atoms with E-state index in [1.165, 1.54) is 6.92 Å². The van der Waals surface area contributed by atoms with E-state index in [0.29, 0.717) is 16.3 Å². The molecule has 1 heterocycles. The number of halogens is 1. The van der Waals surface area contributed by atoms with E-state index in [2.05, 4.69) is 5.32 Å². The van der Waals surface area contributed by atoms with E-state index in [4.69, 9.17) is 16.3 Å². The van der Waals surface area contributed by atoms with Crippen LogP contribution in [-0.4, -0.2) is 24.3 Å². The molecular weight excluding hydrogens is 290 g/mol. The second-order valence-corrected chi connectivity index (χ2v) is 5.88. The summed E-state index contributed by atoms with van der Waals surface area (Å²) in [7, 11) is 0. The van der Waals surface area contributed by atoms with Crippen molar-refractivity contribution in [1.29, 1.82) is 0 Å². The number of carbonyl (C=O) groups excluding carboxylic acids is 2. The number of ether oxygens (including phenoxy) is 1. The number of carbonyl (C=O) groups is 2. The second-order valence-electron chi connectivity index (χ2n) is 5.45. The standard InChI is InChI=1S/C16H18ClNO3/c1-9(2)15(10(3)19)18-16(20)12-6-11-7-13(17)4-5-14(11)21-8-12/h4-7,9,15H,8H2,1-3H3,(H,18,20)/t15-/m0/s1. The van der Waals surface area contributed by atoms with E-state index < -0.39 is 6.04 Å². The lowest BCUT2D eigenvalue weighted by molar-refractivity contribution is -0.125. The van der Waals surface area contributed by atoms with Crippen molar-refractivity contribution in [2.75, 3.05) is 6.61 Å². The predicted molar refractivity (Wildman–Crippen MR) is 82.4 cm³/mol. The third-order valence-corrected chi connectivity index (χ3v) is 3.60. The molecule has 0 saturated carbocycles. The van der Waals surface area contributed by atoms with Gasteiger partial charge in [0.05, 0.1) is 11.6 Å². The SMILES string of the molecule is CC(=O)[C@@H](NC(=O)C1=Cc2cc(Cl)ccc2OC1)C(C)C. The fourth-order valence-corrected chi connectivity index (χ4v) is 2.43. The normalized spacial score (nSPS) is 14.8. The minimum Gasteiger partial charge on any atom is -0.488 e. The van der Waals surface area contributed by atoms with Gasteiger partial charge < -0.3 is 10.1 Å². The number of ketones is 1. The molecule has 1 atom stereocenters. The predicted octanol–water partition coefficient (Wildman–Crippen LogP) is 2.85. The lowest BCUT2D eigenvalue weighted by Crippen LogP contribution is -2.44. The fraction of sp³-hybridized carbons (Fsp3) is 0.375. The molecule has 1 aromatic carbocycles. The van der Waals surface area contributed by atoms with Gasteiger partial charge in [0.25, 0.3) is 5.91 Å². The molecule has 0 saturated heterocycles. The highest BCUT2D eigenvalue weighted by atomic mass is 35.5. The first kappa shape index (κ1) is 15.6. The van der Waals surface area contributed by atoms with Crippen LogP contribution in [0.1, 0.15) is 26.3 Å². The zero-order valence-corrected chi connectivity index (χ0v) is 13.0. The Kier molecular flexibility index (Phi) is 4.68. The maximum absolute atomic E-state index is 12.3. The van der Waals surface area contributed by atoms with Crippen molar-refractivity contribution in [3.05, 3.63) is 34.4 Å². The fourth-order valence-electron chi connectivity index (χ4n) is 2.25. The number of Topliss-reactive ketones (excluding diaryl/α,β-unsaturated/α-hetero) is 1. The quantitative estimate of drug-likeness (QED) is 0.930. The zero-order valence-electron chi connectivity index (χ0n) is 12.3. The van der Waals surface area contributed by atoms with Crippen LogP contribution in [0.2, 0.25) is 5.02 Å². The molecule has 5 heteroatoms. The minimum absolute atomic E-state index is 0.0401. The van der Waals surface area contributed by atoms with Crippen LogP contribution in [0.15, 0.2) is 23.8 Å². The highest BCUT2D eigenvalue weighted by Crippen LogP contribution is 2.29. The highest BCUT2D eigenvalue weighted by molar-refractivity contribution is 6.30. The van der Waals surface area contributed by atoms with E-state index in [0.717, 1.165) is 5.56 Å². The Morgan fingerprint density at radius 3 is 2.67 bits per heavy atom. The van der Waals surface area contributed by atoms with Crippen molar-refractivity contribution in [1.82, 2.24) is 5.32 Å². The van der Waals surface area contributed by atoms with E-state index in [9.17, 15) is 9.59 Å². The summed E-state index contributed by atoms with van der Waals surface area (Å²) in [5.74, 6) is 0.398. The average Bonchev–Trinajstić information content (AvgIpc) is 2.42. The molecule has 0 aromatic heterocycles. The highest BCUT2D eigenvalue weighted by Gasteiger charge is 2.24. The first-order valence-electron chi connectivity index (χ1n) is 6.82. The topological polar surface area (TPSA) is 55.4 Å². The van der Waals surface area contributed by atoms with Gasteiger partial charge in [-0.2, -0.15) is 0 Å². The molecule has 1 aliphatic rings. The Labute approximate surface area is 129 Å². The summed E-state index contributed by atoms with van der Waals surface area (Å²) in [5, 5.41) is 3.34. The van der Waals surface area contributed by atoms with Gasteiger partial charge in [-0.3, -0.25) is 9.59 Å². The van der Waals surface area contributed by atoms with Crippen LogP contribution in [0.25, 0.3) is 6.08 Å².